The molecule has 0 aliphatic carbocycles. The second-order valence-electron chi connectivity index (χ2n) is 4.01. The van der Waals surface area contributed by atoms with Gasteiger partial charge in [0.05, 0.1) is 17.8 Å². The Balaban J connectivity index is 2.02. The number of carbonyl (C=O) groups is 1. The third-order valence-electron chi connectivity index (χ3n) is 2.82. The smallest absolute Gasteiger partial charge is 0.321 e. The zero-order valence-corrected chi connectivity index (χ0v) is 11.0. The van der Waals surface area contributed by atoms with E-state index >= 15 is 0 Å². The Morgan fingerprint density at radius 1 is 1.44 bits per heavy atom. The maximum atomic E-state index is 12.0. The zero-order chi connectivity index (χ0) is 13.0. The van der Waals surface area contributed by atoms with Crippen molar-refractivity contribution in [1.82, 2.24) is 10.2 Å². The first kappa shape index (κ1) is 13.0. The molecule has 98 valence electrons. The van der Waals surface area contributed by atoms with E-state index in [4.69, 9.17) is 16.3 Å². The van der Waals surface area contributed by atoms with Gasteiger partial charge in [-0.15, -0.1) is 0 Å². The third-order valence-corrected chi connectivity index (χ3v) is 3.13. The van der Waals surface area contributed by atoms with Gasteiger partial charge in [-0.25, -0.2) is 4.79 Å². The summed E-state index contributed by atoms with van der Waals surface area (Å²) in [5, 5.41) is 6.47. The van der Waals surface area contributed by atoms with Crippen molar-refractivity contribution < 1.29 is 9.53 Å². The van der Waals surface area contributed by atoms with E-state index in [9.17, 15) is 4.79 Å². The van der Waals surface area contributed by atoms with E-state index in [0.717, 1.165) is 13.1 Å². The van der Waals surface area contributed by atoms with Gasteiger partial charge in [0.15, 0.2) is 0 Å². The summed E-state index contributed by atoms with van der Waals surface area (Å²) in [6, 6.07) is 5.05. The molecule has 1 aliphatic heterocycles. The van der Waals surface area contributed by atoms with Crippen LogP contribution in [0.15, 0.2) is 18.2 Å². The normalized spacial score (nSPS) is 15.3. The monoisotopic (exact) mass is 269 g/mol. The molecule has 1 aliphatic rings. The number of hydrogen-bond acceptors (Lipinski definition) is 3. The van der Waals surface area contributed by atoms with Gasteiger partial charge < -0.3 is 20.3 Å². The first-order chi connectivity index (χ1) is 8.70. The van der Waals surface area contributed by atoms with Gasteiger partial charge in [0.25, 0.3) is 0 Å². The molecule has 6 heteroatoms. The Kier molecular flexibility index (Phi) is 4.28. The molecule has 1 heterocycles. The van der Waals surface area contributed by atoms with Crippen LogP contribution >= 0.6 is 11.6 Å². The van der Waals surface area contributed by atoms with E-state index in [0.29, 0.717) is 29.5 Å². The Morgan fingerprint density at radius 3 is 2.78 bits per heavy atom. The number of amides is 2. The molecule has 18 heavy (non-hydrogen) atoms. The molecule has 0 unspecified atom stereocenters. The Labute approximate surface area is 111 Å². The van der Waals surface area contributed by atoms with Crippen LogP contribution in [0.2, 0.25) is 5.02 Å². The fourth-order valence-electron chi connectivity index (χ4n) is 1.79. The van der Waals surface area contributed by atoms with E-state index in [1.807, 2.05) is 0 Å². The van der Waals surface area contributed by atoms with Crippen LogP contribution in [0.25, 0.3) is 0 Å². The molecular weight excluding hydrogens is 254 g/mol. The van der Waals surface area contributed by atoms with Gasteiger partial charge in [0.1, 0.15) is 5.75 Å². The van der Waals surface area contributed by atoms with Gasteiger partial charge in [-0.3, -0.25) is 0 Å². The van der Waals surface area contributed by atoms with E-state index in [2.05, 4.69) is 10.6 Å². The number of benzene rings is 1. The summed E-state index contributed by atoms with van der Waals surface area (Å²) in [6.07, 6.45) is 0. The highest BCUT2D eigenvalue weighted by molar-refractivity contribution is 6.33. The van der Waals surface area contributed by atoms with Crippen molar-refractivity contribution in [2.45, 2.75) is 0 Å². The lowest BCUT2D eigenvalue weighted by molar-refractivity contribution is 0.204. The molecule has 0 atom stereocenters. The number of methoxy groups -OCH3 is 1. The first-order valence-corrected chi connectivity index (χ1v) is 6.18. The van der Waals surface area contributed by atoms with Crippen molar-refractivity contribution in [3.63, 3.8) is 0 Å². The summed E-state index contributed by atoms with van der Waals surface area (Å²) in [6.45, 7) is 3.06. The highest BCUT2D eigenvalue weighted by Gasteiger charge is 2.16. The molecule has 0 radical (unpaired) electrons. The largest absolute Gasteiger partial charge is 0.497 e. The Morgan fingerprint density at radius 2 is 2.17 bits per heavy atom. The van der Waals surface area contributed by atoms with Crippen LogP contribution in [-0.2, 0) is 0 Å². The predicted octanol–water partition coefficient (Wildman–Crippen LogP) is 1.79. The van der Waals surface area contributed by atoms with E-state index in [-0.39, 0.29) is 6.03 Å². The second kappa shape index (κ2) is 5.93. The minimum absolute atomic E-state index is 0.122. The maximum absolute atomic E-state index is 12.0. The van der Waals surface area contributed by atoms with Crippen LogP contribution in [0.5, 0.6) is 5.75 Å². The molecule has 1 saturated heterocycles. The predicted molar refractivity (Wildman–Crippen MR) is 71.5 cm³/mol. The van der Waals surface area contributed by atoms with Gasteiger partial charge >= 0.3 is 6.03 Å². The number of nitrogens with zero attached hydrogens (tertiary/aromatic N) is 1. The van der Waals surface area contributed by atoms with E-state index in [1.54, 1.807) is 30.2 Å². The lowest BCUT2D eigenvalue weighted by Gasteiger charge is -2.27. The SMILES string of the molecule is COc1ccc(NC(=O)N2CCNCC2)c(Cl)c1. The van der Waals surface area contributed by atoms with Crippen molar-refractivity contribution in [2.24, 2.45) is 0 Å². The number of urea groups is 1. The maximum Gasteiger partial charge on any atom is 0.321 e. The van der Waals surface area contributed by atoms with Crippen molar-refractivity contribution in [3.05, 3.63) is 23.2 Å². The van der Waals surface area contributed by atoms with Gasteiger partial charge in [-0.05, 0) is 12.1 Å². The highest BCUT2D eigenvalue weighted by Crippen LogP contribution is 2.26. The van der Waals surface area contributed by atoms with Gasteiger partial charge in [0, 0.05) is 32.2 Å². The molecule has 1 aromatic rings. The number of carbonyl (C=O) groups excluding carboxylic acids is 1. The molecule has 1 aromatic carbocycles. The number of rotatable bonds is 2. The van der Waals surface area contributed by atoms with E-state index < -0.39 is 0 Å². The summed E-state index contributed by atoms with van der Waals surface area (Å²) < 4.78 is 5.06. The van der Waals surface area contributed by atoms with Gasteiger partial charge in [-0.2, -0.15) is 0 Å². The minimum atomic E-state index is -0.122. The number of piperazine rings is 1. The molecule has 0 spiro atoms. The summed E-state index contributed by atoms with van der Waals surface area (Å²) >= 11 is 6.07. The molecule has 2 N–H and O–H groups in total. The topological polar surface area (TPSA) is 53.6 Å². The van der Waals surface area contributed by atoms with Crippen LogP contribution in [0.1, 0.15) is 0 Å². The van der Waals surface area contributed by atoms with Crippen LogP contribution in [-0.4, -0.2) is 44.2 Å². The van der Waals surface area contributed by atoms with Crippen molar-refractivity contribution in [1.29, 1.82) is 0 Å². The number of nitrogens with one attached hydrogen (secondary N) is 2. The van der Waals surface area contributed by atoms with Gasteiger partial charge in [0.2, 0.25) is 0 Å². The fraction of sp³-hybridized carbons (Fsp3) is 0.417. The zero-order valence-electron chi connectivity index (χ0n) is 10.2. The first-order valence-electron chi connectivity index (χ1n) is 5.81. The molecule has 0 bridgehead atoms. The number of hydrogen-bond donors (Lipinski definition) is 2. The van der Waals surface area contributed by atoms with Crippen LogP contribution in [0.4, 0.5) is 10.5 Å². The number of anilines is 1. The van der Waals surface area contributed by atoms with E-state index in [1.165, 1.54) is 0 Å². The highest BCUT2D eigenvalue weighted by atomic mass is 35.5. The van der Waals surface area contributed by atoms with Crippen LogP contribution in [0.3, 0.4) is 0 Å². The quantitative estimate of drug-likeness (QED) is 0.861. The molecule has 2 amide bonds. The fourth-order valence-corrected chi connectivity index (χ4v) is 2.00. The van der Waals surface area contributed by atoms with Crippen LogP contribution in [0, 0.1) is 0 Å². The second-order valence-corrected chi connectivity index (χ2v) is 4.42. The molecular formula is C12H16ClN3O2. The average Bonchev–Trinajstić information content (AvgIpc) is 2.42. The Bertz CT molecular complexity index is 433. The number of halogens is 1. The van der Waals surface area contributed by atoms with Crippen molar-refractivity contribution in [3.8, 4) is 5.75 Å². The lowest BCUT2D eigenvalue weighted by atomic mass is 10.3. The molecule has 0 saturated carbocycles. The molecule has 1 fully saturated rings. The van der Waals surface area contributed by atoms with Crippen molar-refractivity contribution >= 4 is 23.3 Å². The Hall–Kier alpha value is -1.46. The summed E-state index contributed by atoms with van der Waals surface area (Å²) in [7, 11) is 1.57. The minimum Gasteiger partial charge on any atom is -0.497 e. The van der Waals surface area contributed by atoms with Crippen molar-refractivity contribution in [2.75, 3.05) is 38.6 Å². The summed E-state index contributed by atoms with van der Waals surface area (Å²) in [4.78, 5) is 13.7. The van der Waals surface area contributed by atoms with Crippen LogP contribution < -0.4 is 15.4 Å². The average molecular weight is 270 g/mol. The molecule has 0 aromatic heterocycles. The lowest BCUT2D eigenvalue weighted by Crippen LogP contribution is -2.48. The summed E-state index contributed by atoms with van der Waals surface area (Å²) in [5.74, 6) is 0.667. The molecule has 5 nitrogen and oxygen atoms in total. The standard InChI is InChI=1S/C12H16ClN3O2/c1-18-9-2-3-11(10(13)8-9)15-12(17)16-6-4-14-5-7-16/h2-3,8,14H,4-7H2,1H3,(H,15,17). The molecule has 2 rings (SSSR count). The van der Waals surface area contributed by atoms with Gasteiger partial charge in [-0.1, -0.05) is 11.6 Å². The third kappa shape index (κ3) is 3.05. The summed E-state index contributed by atoms with van der Waals surface area (Å²) in [5.41, 5.74) is 0.598. The number of ether oxygens (including phenoxy) is 1.